The van der Waals surface area contributed by atoms with E-state index in [1.165, 1.54) is 0 Å². The van der Waals surface area contributed by atoms with Crippen LogP contribution >= 0.6 is 0 Å². The summed E-state index contributed by atoms with van der Waals surface area (Å²) in [6, 6.07) is 0.222. The fraction of sp³-hybridized carbons (Fsp3) is 0.917. The number of rotatable bonds is 4. The Bertz CT molecular complexity index is 186. The first-order valence-electron chi connectivity index (χ1n) is 5.53. The second-order valence-corrected chi connectivity index (χ2v) is 5.22. The van der Waals surface area contributed by atoms with Gasteiger partial charge in [0.15, 0.2) is 0 Å². The number of nitrogens with one attached hydrogen (secondary N) is 1. The smallest absolute Gasteiger partial charge is 0.226 e. The lowest BCUT2D eigenvalue weighted by Crippen LogP contribution is -2.48. The molecule has 0 aliphatic carbocycles. The first-order chi connectivity index (χ1) is 6.22. The summed E-state index contributed by atoms with van der Waals surface area (Å²) in [4.78, 5) is 12.0. The second kappa shape index (κ2) is 4.81. The lowest BCUT2D eigenvalue weighted by molar-refractivity contribution is -0.136. The van der Waals surface area contributed by atoms with Crippen molar-refractivity contribution in [1.29, 1.82) is 0 Å². The van der Waals surface area contributed by atoms with Crippen LogP contribution in [0.25, 0.3) is 0 Å². The molecule has 1 N–H and O–H groups in total. The predicted octanol–water partition coefficient (Wildman–Crippen LogP) is 2.83. The van der Waals surface area contributed by atoms with Crippen molar-refractivity contribution < 1.29 is 4.79 Å². The summed E-state index contributed by atoms with van der Waals surface area (Å²) in [6.07, 6.45) is 0. The van der Waals surface area contributed by atoms with Crippen molar-refractivity contribution in [2.75, 3.05) is 0 Å². The lowest BCUT2D eigenvalue weighted by Gasteiger charge is -2.36. The molecule has 0 saturated heterocycles. The molecule has 0 aromatic heterocycles. The van der Waals surface area contributed by atoms with Gasteiger partial charge in [-0.3, -0.25) is 4.79 Å². The van der Waals surface area contributed by atoms with Gasteiger partial charge in [0.1, 0.15) is 0 Å². The summed E-state index contributed by atoms with van der Waals surface area (Å²) in [5.41, 5.74) is -0.260. The second-order valence-electron chi connectivity index (χ2n) is 5.22. The number of carbonyl (C=O) groups excluding carboxylic acids is 1. The minimum atomic E-state index is -0.260. The predicted molar refractivity (Wildman–Crippen MR) is 61.1 cm³/mol. The summed E-state index contributed by atoms with van der Waals surface area (Å²) >= 11 is 0. The van der Waals surface area contributed by atoms with Crippen LogP contribution in [0, 0.1) is 17.3 Å². The van der Waals surface area contributed by atoms with Crippen LogP contribution in [0.5, 0.6) is 0 Å². The highest BCUT2D eigenvalue weighted by molar-refractivity contribution is 5.83. The maximum absolute atomic E-state index is 12.0. The molecule has 2 heteroatoms. The van der Waals surface area contributed by atoms with Crippen LogP contribution in [0.4, 0.5) is 0 Å². The zero-order valence-electron chi connectivity index (χ0n) is 10.6. The van der Waals surface area contributed by atoms with Crippen LogP contribution in [0.3, 0.4) is 0 Å². The molecular formula is C12H25NO. The molecule has 0 aromatic rings. The highest BCUT2D eigenvalue weighted by Crippen LogP contribution is 2.35. The molecule has 0 spiro atoms. The van der Waals surface area contributed by atoms with Crippen LogP contribution in [0.2, 0.25) is 0 Å². The van der Waals surface area contributed by atoms with Gasteiger partial charge < -0.3 is 5.32 Å². The molecule has 0 bridgehead atoms. The van der Waals surface area contributed by atoms with Gasteiger partial charge in [-0.2, -0.15) is 0 Å². The highest BCUT2D eigenvalue weighted by atomic mass is 16.2. The molecule has 1 amide bonds. The Labute approximate surface area is 88.5 Å². The molecule has 0 aromatic carbocycles. The van der Waals surface area contributed by atoms with Crippen molar-refractivity contribution in [3.8, 4) is 0 Å². The van der Waals surface area contributed by atoms with Gasteiger partial charge in [0.05, 0.1) is 5.41 Å². The minimum Gasteiger partial charge on any atom is -0.353 e. The van der Waals surface area contributed by atoms with Crippen LogP contribution < -0.4 is 5.32 Å². The Kier molecular flexibility index (Phi) is 4.63. The zero-order valence-corrected chi connectivity index (χ0v) is 10.6. The molecule has 84 valence electrons. The van der Waals surface area contributed by atoms with Crippen LogP contribution in [0.15, 0.2) is 0 Å². The molecular weight excluding hydrogens is 174 g/mol. The van der Waals surface area contributed by atoms with E-state index in [9.17, 15) is 4.79 Å². The monoisotopic (exact) mass is 199 g/mol. The Morgan fingerprint density at radius 2 is 1.36 bits per heavy atom. The van der Waals surface area contributed by atoms with Gasteiger partial charge >= 0.3 is 0 Å². The molecule has 0 aliphatic heterocycles. The maximum atomic E-state index is 12.0. The van der Waals surface area contributed by atoms with Gasteiger partial charge in [-0.1, -0.05) is 34.6 Å². The molecule has 0 atom stereocenters. The SMILES string of the molecule is CC(C)NC(=O)C(C)(C(C)C)C(C)C. The molecule has 0 heterocycles. The van der Waals surface area contributed by atoms with E-state index in [0.717, 1.165) is 0 Å². The van der Waals surface area contributed by atoms with E-state index in [1.54, 1.807) is 0 Å². The standard InChI is InChI=1S/C12H25NO/c1-8(2)12(7,9(3)4)11(14)13-10(5)6/h8-10H,1-7H3,(H,13,14). The first-order valence-corrected chi connectivity index (χ1v) is 5.53. The third kappa shape index (κ3) is 2.73. The van der Waals surface area contributed by atoms with Crippen molar-refractivity contribution in [1.82, 2.24) is 5.32 Å². The van der Waals surface area contributed by atoms with Gasteiger partial charge in [0.2, 0.25) is 5.91 Å². The fourth-order valence-electron chi connectivity index (χ4n) is 1.61. The highest BCUT2D eigenvalue weighted by Gasteiger charge is 2.39. The lowest BCUT2D eigenvalue weighted by atomic mass is 9.70. The summed E-state index contributed by atoms with van der Waals surface area (Å²) in [7, 11) is 0. The molecule has 14 heavy (non-hydrogen) atoms. The average Bonchev–Trinajstić information content (AvgIpc) is 2.00. The number of hydrogen-bond acceptors (Lipinski definition) is 1. The van der Waals surface area contributed by atoms with Crippen LogP contribution in [0.1, 0.15) is 48.5 Å². The summed E-state index contributed by atoms with van der Waals surface area (Å²) in [6.45, 7) is 14.5. The number of amides is 1. The third-order valence-electron chi connectivity index (χ3n) is 3.31. The third-order valence-corrected chi connectivity index (χ3v) is 3.31. The van der Waals surface area contributed by atoms with E-state index >= 15 is 0 Å². The van der Waals surface area contributed by atoms with Crippen LogP contribution in [-0.2, 0) is 4.79 Å². The normalized spacial score (nSPS) is 12.7. The van der Waals surface area contributed by atoms with E-state index < -0.39 is 0 Å². The van der Waals surface area contributed by atoms with E-state index in [2.05, 4.69) is 39.9 Å². The van der Waals surface area contributed by atoms with Crippen molar-refractivity contribution in [3.63, 3.8) is 0 Å². The topological polar surface area (TPSA) is 29.1 Å². The Morgan fingerprint density at radius 3 is 1.57 bits per heavy atom. The van der Waals surface area contributed by atoms with E-state index in [1.807, 2.05) is 13.8 Å². The average molecular weight is 199 g/mol. The van der Waals surface area contributed by atoms with Crippen molar-refractivity contribution in [2.45, 2.75) is 54.5 Å². The van der Waals surface area contributed by atoms with E-state index in [4.69, 9.17) is 0 Å². The van der Waals surface area contributed by atoms with Gasteiger partial charge in [-0.25, -0.2) is 0 Å². The Hall–Kier alpha value is -0.530. The van der Waals surface area contributed by atoms with Crippen LogP contribution in [-0.4, -0.2) is 11.9 Å². The summed E-state index contributed by atoms with van der Waals surface area (Å²) in [5.74, 6) is 0.903. The summed E-state index contributed by atoms with van der Waals surface area (Å²) in [5, 5.41) is 3.01. The minimum absolute atomic E-state index is 0.178. The Morgan fingerprint density at radius 1 is 1.00 bits per heavy atom. The summed E-state index contributed by atoms with van der Waals surface area (Å²) < 4.78 is 0. The molecule has 2 nitrogen and oxygen atoms in total. The van der Waals surface area contributed by atoms with Crippen molar-refractivity contribution in [2.24, 2.45) is 17.3 Å². The Balaban J connectivity index is 4.75. The van der Waals surface area contributed by atoms with E-state index in [0.29, 0.717) is 11.8 Å². The molecule has 0 radical (unpaired) electrons. The number of carbonyl (C=O) groups is 1. The van der Waals surface area contributed by atoms with Gasteiger partial charge in [-0.05, 0) is 25.7 Å². The molecule has 0 aliphatic rings. The van der Waals surface area contributed by atoms with Gasteiger partial charge in [-0.15, -0.1) is 0 Å². The molecule has 0 unspecified atom stereocenters. The van der Waals surface area contributed by atoms with Crippen molar-refractivity contribution in [3.05, 3.63) is 0 Å². The largest absolute Gasteiger partial charge is 0.353 e. The quantitative estimate of drug-likeness (QED) is 0.741. The molecule has 0 rings (SSSR count). The van der Waals surface area contributed by atoms with Gasteiger partial charge in [0.25, 0.3) is 0 Å². The number of hydrogen-bond donors (Lipinski definition) is 1. The molecule has 0 fully saturated rings. The first kappa shape index (κ1) is 13.5. The fourth-order valence-corrected chi connectivity index (χ4v) is 1.61. The van der Waals surface area contributed by atoms with Gasteiger partial charge in [0, 0.05) is 6.04 Å². The maximum Gasteiger partial charge on any atom is 0.226 e. The van der Waals surface area contributed by atoms with Crippen molar-refractivity contribution >= 4 is 5.91 Å². The molecule has 0 saturated carbocycles. The zero-order chi connectivity index (χ0) is 11.5. The van der Waals surface area contributed by atoms with E-state index in [-0.39, 0.29) is 17.4 Å².